The Labute approximate surface area is 175 Å². The van der Waals surface area contributed by atoms with Crippen molar-refractivity contribution < 1.29 is 19.2 Å². The van der Waals surface area contributed by atoms with Crippen molar-refractivity contribution in [2.45, 2.75) is 6.92 Å². The molecule has 0 saturated heterocycles. The van der Waals surface area contributed by atoms with Crippen LogP contribution in [0.3, 0.4) is 0 Å². The third-order valence-corrected chi connectivity index (χ3v) is 3.86. The zero-order valence-electron chi connectivity index (χ0n) is 16.2. The highest BCUT2D eigenvalue weighted by Crippen LogP contribution is 2.31. The molecule has 158 valence electrons. The summed E-state index contributed by atoms with van der Waals surface area (Å²) < 4.78 is 4.95. The van der Waals surface area contributed by atoms with Gasteiger partial charge < -0.3 is 10.1 Å². The van der Waals surface area contributed by atoms with Gasteiger partial charge in [-0.1, -0.05) is 6.07 Å². The Hall–Kier alpha value is -4.61. The average molecular weight is 423 g/mol. The van der Waals surface area contributed by atoms with Crippen LogP contribution in [-0.4, -0.2) is 38.4 Å². The predicted octanol–water partition coefficient (Wildman–Crippen LogP) is 2.46. The highest BCUT2D eigenvalue weighted by molar-refractivity contribution is 5.95. The number of nitrogens with one attached hydrogen (secondary N) is 3. The highest BCUT2D eigenvalue weighted by atomic mass is 16.6. The third-order valence-electron chi connectivity index (χ3n) is 3.86. The van der Waals surface area contributed by atoms with Crippen molar-refractivity contribution in [2.24, 2.45) is 0 Å². The van der Waals surface area contributed by atoms with Crippen LogP contribution in [0.25, 0.3) is 0 Å². The number of carbonyl (C=O) groups is 2. The number of anilines is 3. The molecule has 0 atom stereocenters. The Bertz CT molecular complexity index is 1110. The summed E-state index contributed by atoms with van der Waals surface area (Å²) in [6.07, 6.45) is 3.94. The van der Waals surface area contributed by atoms with E-state index >= 15 is 0 Å². The van der Waals surface area contributed by atoms with E-state index < -0.39 is 22.5 Å². The number of pyridine rings is 1. The van der Waals surface area contributed by atoms with E-state index in [-0.39, 0.29) is 29.4 Å². The molecule has 0 fully saturated rings. The maximum atomic E-state index is 12.1. The molecule has 0 radical (unpaired) electrons. The number of ether oxygens (including phenoxy) is 1. The van der Waals surface area contributed by atoms with Crippen molar-refractivity contribution in [2.75, 3.05) is 17.3 Å². The Kier molecular flexibility index (Phi) is 6.63. The van der Waals surface area contributed by atoms with E-state index in [1.165, 1.54) is 24.5 Å². The molecule has 0 aliphatic carbocycles. The molecular formula is C19H17N7O5. The number of hydrogen-bond donors (Lipinski definition) is 3. The van der Waals surface area contributed by atoms with E-state index in [0.29, 0.717) is 5.69 Å². The average Bonchev–Trinajstić information content (AvgIpc) is 2.78. The molecule has 0 aliphatic heterocycles. The number of amides is 1. The number of nitro groups is 1. The topological polar surface area (TPSA) is 161 Å². The lowest BCUT2D eigenvalue weighted by atomic mass is 10.2. The van der Waals surface area contributed by atoms with Crippen molar-refractivity contribution in [3.05, 3.63) is 76.4 Å². The minimum absolute atomic E-state index is 0.140. The minimum atomic E-state index is -0.698. The molecule has 3 rings (SSSR count). The van der Waals surface area contributed by atoms with Gasteiger partial charge in [-0.2, -0.15) is 0 Å². The highest BCUT2D eigenvalue weighted by Gasteiger charge is 2.24. The molecule has 31 heavy (non-hydrogen) atoms. The Morgan fingerprint density at radius 2 is 1.90 bits per heavy atom. The smallest absolute Gasteiger partial charge is 0.355 e. The molecule has 2 aromatic heterocycles. The monoisotopic (exact) mass is 423 g/mol. The van der Waals surface area contributed by atoms with Gasteiger partial charge in [-0.3, -0.25) is 30.7 Å². The molecule has 3 N–H and O–H groups in total. The standard InChI is InChI=1S/C19H17N7O5/c1-2-31-19(28)12-5-3-7-14(9-12)23-16-15(26(29)30)17(22-11-21-16)24-25-18(27)13-6-4-8-20-10-13/h3-11H,2H2,1H3,(H,25,27)(H2,21,22,23,24). The number of nitrogens with zero attached hydrogens (tertiary/aromatic N) is 4. The molecule has 0 saturated carbocycles. The van der Waals surface area contributed by atoms with Gasteiger partial charge in [0.25, 0.3) is 5.91 Å². The van der Waals surface area contributed by atoms with Crippen molar-refractivity contribution in [1.82, 2.24) is 20.4 Å². The van der Waals surface area contributed by atoms with Crippen LogP contribution in [0.5, 0.6) is 0 Å². The second-order valence-corrected chi connectivity index (χ2v) is 5.92. The van der Waals surface area contributed by atoms with Crippen LogP contribution in [0.1, 0.15) is 27.6 Å². The fourth-order valence-corrected chi connectivity index (χ4v) is 2.49. The zero-order chi connectivity index (χ0) is 22.2. The van der Waals surface area contributed by atoms with Crippen molar-refractivity contribution in [3.8, 4) is 0 Å². The normalized spacial score (nSPS) is 10.1. The molecule has 12 nitrogen and oxygen atoms in total. The molecule has 1 aromatic carbocycles. The summed E-state index contributed by atoms with van der Waals surface area (Å²) in [6, 6.07) is 9.33. The van der Waals surface area contributed by atoms with Gasteiger partial charge in [-0.05, 0) is 37.3 Å². The molecule has 0 spiro atoms. The summed E-state index contributed by atoms with van der Waals surface area (Å²) in [5.41, 5.74) is 5.15. The number of benzene rings is 1. The van der Waals surface area contributed by atoms with E-state index in [9.17, 15) is 19.7 Å². The minimum Gasteiger partial charge on any atom is -0.462 e. The predicted molar refractivity (Wildman–Crippen MR) is 110 cm³/mol. The summed E-state index contributed by atoms with van der Waals surface area (Å²) in [6.45, 7) is 1.90. The fourth-order valence-electron chi connectivity index (χ4n) is 2.49. The summed E-state index contributed by atoms with van der Waals surface area (Å²) >= 11 is 0. The lowest BCUT2D eigenvalue weighted by Crippen LogP contribution is -2.30. The SMILES string of the molecule is CCOC(=O)c1cccc(Nc2ncnc(NNC(=O)c3cccnc3)c2[N+](=O)[O-])c1. The van der Waals surface area contributed by atoms with E-state index in [2.05, 4.69) is 31.1 Å². The summed E-state index contributed by atoms with van der Waals surface area (Å²) in [4.78, 5) is 46.6. The number of hydrazine groups is 1. The van der Waals surface area contributed by atoms with Gasteiger partial charge in [0.05, 0.1) is 22.7 Å². The molecular weight excluding hydrogens is 406 g/mol. The number of hydrogen-bond acceptors (Lipinski definition) is 10. The second-order valence-electron chi connectivity index (χ2n) is 5.92. The first-order valence-electron chi connectivity index (χ1n) is 8.99. The number of carbonyl (C=O) groups excluding carboxylic acids is 2. The van der Waals surface area contributed by atoms with Crippen LogP contribution >= 0.6 is 0 Å². The summed E-state index contributed by atoms with van der Waals surface area (Å²) in [5.74, 6) is -1.46. The van der Waals surface area contributed by atoms with E-state index in [0.717, 1.165) is 6.33 Å². The quantitative estimate of drug-likeness (QED) is 0.279. The van der Waals surface area contributed by atoms with Crippen LogP contribution < -0.4 is 16.2 Å². The van der Waals surface area contributed by atoms with Crippen LogP contribution in [0.15, 0.2) is 55.1 Å². The maximum absolute atomic E-state index is 12.1. The molecule has 3 aromatic rings. The van der Waals surface area contributed by atoms with Crippen molar-refractivity contribution in [3.63, 3.8) is 0 Å². The largest absolute Gasteiger partial charge is 0.462 e. The summed E-state index contributed by atoms with van der Waals surface area (Å²) in [5, 5.41) is 14.4. The van der Waals surface area contributed by atoms with E-state index in [1.807, 2.05) is 0 Å². The summed E-state index contributed by atoms with van der Waals surface area (Å²) in [7, 11) is 0. The first-order chi connectivity index (χ1) is 15.0. The van der Waals surface area contributed by atoms with Crippen LogP contribution in [0, 0.1) is 10.1 Å². The molecule has 12 heteroatoms. The van der Waals surface area contributed by atoms with Gasteiger partial charge in [0.15, 0.2) is 0 Å². The van der Waals surface area contributed by atoms with Gasteiger partial charge in [0.1, 0.15) is 6.33 Å². The zero-order valence-corrected chi connectivity index (χ0v) is 16.2. The van der Waals surface area contributed by atoms with Crippen LogP contribution in [-0.2, 0) is 4.74 Å². The van der Waals surface area contributed by atoms with Gasteiger partial charge in [0, 0.05) is 18.1 Å². The molecule has 0 aliphatic rings. The molecule has 2 heterocycles. The first kappa shape index (κ1) is 21.1. The van der Waals surface area contributed by atoms with Crippen LogP contribution in [0.4, 0.5) is 23.0 Å². The number of rotatable bonds is 8. The Morgan fingerprint density at radius 1 is 1.13 bits per heavy atom. The molecule has 0 bridgehead atoms. The van der Waals surface area contributed by atoms with Crippen molar-refractivity contribution in [1.29, 1.82) is 0 Å². The lowest BCUT2D eigenvalue weighted by Gasteiger charge is -2.11. The van der Waals surface area contributed by atoms with Gasteiger partial charge in [-0.15, -0.1) is 0 Å². The molecule has 1 amide bonds. The van der Waals surface area contributed by atoms with Gasteiger partial charge in [0.2, 0.25) is 11.6 Å². The van der Waals surface area contributed by atoms with Crippen LogP contribution in [0.2, 0.25) is 0 Å². The second kappa shape index (κ2) is 9.73. The van der Waals surface area contributed by atoms with Gasteiger partial charge >= 0.3 is 11.7 Å². The first-order valence-corrected chi connectivity index (χ1v) is 8.99. The van der Waals surface area contributed by atoms with E-state index in [1.54, 1.807) is 31.2 Å². The van der Waals surface area contributed by atoms with Crippen molar-refractivity contribution >= 4 is 34.9 Å². The third kappa shape index (κ3) is 5.26. The number of aromatic nitrogens is 3. The number of esters is 1. The Balaban J connectivity index is 1.82. The van der Waals surface area contributed by atoms with E-state index in [4.69, 9.17) is 4.74 Å². The maximum Gasteiger partial charge on any atom is 0.355 e. The molecule has 0 unspecified atom stereocenters. The van der Waals surface area contributed by atoms with Gasteiger partial charge in [-0.25, -0.2) is 14.8 Å². The Morgan fingerprint density at radius 3 is 2.61 bits per heavy atom. The lowest BCUT2D eigenvalue weighted by molar-refractivity contribution is -0.383. The fraction of sp³-hybridized carbons (Fsp3) is 0.105.